The number of amides is 2. The number of aliphatic hydroxyl groups is 1. The van der Waals surface area contributed by atoms with Gasteiger partial charge in [-0.2, -0.15) is 0 Å². The van der Waals surface area contributed by atoms with Crippen LogP contribution >= 0.6 is 0 Å². The molecule has 2 amide bonds. The standard InChI is InChI=1S/C16H26N2O2/c1-12(2)10-15(14-8-6-5-7-9-14)17-16(20)18(4)13(3)11-19/h5-9,12-13,15,19H,10-11H2,1-4H3,(H,17,20). The highest BCUT2D eigenvalue weighted by Gasteiger charge is 2.20. The van der Waals surface area contributed by atoms with Gasteiger partial charge < -0.3 is 15.3 Å². The summed E-state index contributed by atoms with van der Waals surface area (Å²) < 4.78 is 0. The third-order valence-electron chi connectivity index (χ3n) is 3.45. The van der Waals surface area contributed by atoms with E-state index in [9.17, 15) is 4.79 Å². The second-order valence-corrected chi connectivity index (χ2v) is 5.68. The van der Waals surface area contributed by atoms with Crippen LogP contribution in [-0.2, 0) is 0 Å². The van der Waals surface area contributed by atoms with Crippen LogP contribution in [0.3, 0.4) is 0 Å². The maximum absolute atomic E-state index is 12.2. The molecule has 0 radical (unpaired) electrons. The number of carbonyl (C=O) groups is 1. The van der Waals surface area contributed by atoms with Gasteiger partial charge in [0.2, 0.25) is 0 Å². The summed E-state index contributed by atoms with van der Waals surface area (Å²) in [5.41, 5.74) is 1.11. The van der Waals surface area contributed by atoms with E-state index in [1.54, 1.807) is 7.05 Å². The molecule has 0 aliphatic carbocycles. The van der Waals surface area contributed by atoms with Crippen LogP contribution in [0.25, 0.3) is 0 Å². The number of benzene rings is 1. The summed E-state index contributed by atoms with van der Waals surface area (Å²) in [6, 6.07) is 9.65. The molecule has 0 bridgehead atoms. The monoisotopic (exact) mass is 278 g/mol. The minimum absolute atomic E-state index is 0.00274. The molecule has 0 aliphatic rings. The Kier molecular flexibility index (Phi) is 6.52. The average molecular weight is 278 g/mol. The molecule has 0 saturated carbocycles. The molecule has 2 unspecified atom stereocenters. The molecular weight excluding hydrogens is 252 g/mol. The van der Waals surface area contributed by atoms with E-state index < -0.39 is 0 Å². The second-order valence-electron chi connectivity index (χ2n) is 5.68. The molecule has 4 heteroatoms. The van der Waals surface area contributed by atoms with Gasteiger partial charge in [-0.3, -0.25) is 0 Å². The predicted octanol–water partition coefficient (Wildman–Crippen LogP) is 2.80. The zero-order chi connectivity index (χ0) is 15.1. The van der Waals surface area contributed by atoms with E-state index in [0.717, 1.165) is 12.0 Å². The van der Waals surface area contributed by atoms with E-state index in [2.05, 4.69) is 19.2 Å². The Morgan fingerprint density at radius 3 is 2.35 bits per heavy atom. The van der Waals surface area contributed by atoms with Crippen LogP contribution in [0, 0.1) is 5.92 Å². The van der Waals surface area contributed by atoms with Crippen LogP contribution in [-0.4, -0.2) is 35.7 Å². The molecule has 2 atom stereocenters. The number of hydrogen-bond donors (Lipinski definition) is 2. The van der Waals surface area contributed by atoms with Crippen molar-refractivity contribution in [2.45, 2.75) is 39.3 Å². The van der Waals surface area contributed by atoms with Crippen LogP contribution in [0.2, 0.25) is 0 Å². The van der Waals surface area contributed by atoms with E-state index in [1.807, 2.05) is 37.3 Å². The smallest absolute Gasteiger partial charge is 0.317 e. The second kappa shape index (κ2) is 7.90. The first kappa shape index (κ1) is 16.5. The van der Waals surface area contributed by atoms with Gasteiger partial charge in [-0.15, -0.1) is 0 Å². The normalized spacial score (nSPS) is 13.9. The molecule has 1 aromatic rings. The van der Waals surface area contributed by atoms with Gasteiger partial charge in [0.25, 0.3) is 0 Å². The minimum atomic E-state index is -0.189. The Labute approximate surface area is 121 Å². The van der Waals surface area contributed by atoms with E-state index in [4.69, 9.17) is 5.11 Å². The van der Waals surface area contributed by atoms with E-state index in [-0.39, 0.29) is 24.7 Å². The van der Waals surface area contributed by atoms with Crippen LogP contribution in [0.4, 0.5) is 4.79 Å². The van der Waals surface area contributed by atoms with Crippen LogP contribution in [0.15, 0.2) is 30.3 Å². The molecular formula is C16H26N2O2. The topological polar surface area (TPSA) is 52.6 Å². The molecule has 4 nitrogen and oxygen atoms in total. The lowest BCUT2D eigenvalue weighted by Crippen LogP contribution is -2.45. The molecule has 0 aromatic heterocycles. The number of hydrogen-bond acceptors (Lipinski definition) is 2. The quantitative estimate of drug-likeness (QED) is 0.840. The summed E-state index contributed by atoms with van der Waals surface area (Å²) >= 11 is 0. The summed E-state index contributed by atoms with van der Waals surface area (Å²) in [5.74, 6) is 0.487. The SMILES string of the molecule is CC(C)CC(NC(=O)N(C)C(C)CO)c1ccccc1. The molecule has 0 heterocycles. The first-order chi connectivity index (χ1) is 9.45. The van der Waals surface area contributed by atoms with E-state index in [0.29, 0.717) is 5.92 Å². The Hall–Kier alpha value is -1.55. The summed E-state index contributed by atoms with van der Waals surface area (Å²) in [7, 11) is 1.70. The molecule has 0 aliphatic heterocycles. The summed E-state index contributed by atoms with van der Waals surface area (Å²) in [6.45, 7) is 6.06. The van der Waals surface area contributed by atoms with Crippen LogP contribution in [0.5, 0.6) is 0 Å². The van der Waals surface area contributed by atoms with Crippen molar-refractivity contribution in [2.75, 3.05) is 13.7 Å². The first-order valence-corrected chi connectivity index (χ1v) is 7.14. The largest absolute Gasteiger partial charge is 0.394 e. The Morgan fingerprint density at radius 2 is 1.85 bits per heavy atom. The van der Waals surface area contributed by atoms with Crippen molar-refractivity contribution >= 4 is 6.03 Å². The third kappa shape index (κ3) is 4.85. The van der Waals surface area contributed by atoms with Crippen molar-refractivity contribution in [3.8, 4) is 0 Å². The Morgan fingerprint density at radius 1 is 1.25 bits per heavy atom. The zero-order valence-corrected chi connectivity index (χ0v) is 12.8. The summed E-state index contributed by atoms with van der Waals surface area (Å²) in [6.07, 6.45) is 0.886. The van der Waals surface area contributed by atoms with Crippen LogP contribution in [0.1, 0.15) is 38.8 Å². The first-order valence-electron chi connectivity index (χ1n) is 7.14. The van der Waals surface area contributed by atoms with Gasteiger partial charge in [0, 0.05) is 7.05 Å². The van der Waals surface area contributed by atoms with Gasteiger partial charge >= 0.3 is 6.03 Å². The lowest BCUT2D eigenvalue weighted by Gasteiger charge is -2.28. The number of carbonyl (C=O) groups excluding carboxylic acids is 1. The van der Waals surface area contributed by atoms with Gasteiger partial charge in [0.05, 0.1) is 18.7 Å². The number of likely N-dealkylation sites (N-methyl/N-ethyl adjacent to an activating group) is 1. The third-order valence-corrected chi connectivity index (χ3v) is 3.45. The lowest BCUT2D eigenvalue weighted by atomic mass is 9.97. The van der Waals surface area contributed by atoms with E-state index >= 15 is 0 Å². The number of nitrogens with one attached hydrogen (secondary N) is 1. The van der Waals surface area contributed by atoms with Gasteiger partial charge in [-0.25, -0.2) is 4.79 Å². The van der Waals surface area contributed by atoms with Crippen LogP contribution < -0.4 is 5.32 Å². The molecule has 0 saturated heterocycles. The number of aliphatic hydroxyl groups excluding tert-OH is 1. The van der Waals surface area contributed by atoms with Crippen molar-refractivity contribution in [3.05, 3.63) is 35.9 Å². The summed E-state index contributed by atoms with van der Waals surface area (Å²) in [4.78, 5) is 13.8. The Bertz CT molecular complexity index is 406. The molecule has 1 rings (SSSR count). The fourth-order valence-electron chi connectivity index (χ4n) is 2.01. The van der Waals surface area contributed by atoms with Gasteiger partial charge in [0.1, 0.15) is 0 Å². The zero-order valence-electron chi connectivity index (χ0n) is 12.8. The average Bonchev–Trinajstić information content (AvgIpc) is 2.45. The van der Waals surface area contributed by atoms with Gasteiger partial charge in [0.15, 0.2) is 0 Å². The van der Waals surface area contributed by atoms with Crippen molar-refractivity contribution < 1.29 is 9.90 Å². The number of urea groups is 1. The van der Waals surface area contributed by atoms with Gasteiger partial charge in [-0.1, -0.05) is 44.2 Å². The number of nitrogens with zero attached hydrogens (tertiary/aromatic N) is 1. The summed E-state index contributed by atoms with van der Waals surface area (Å²) in [5, 5.41) is 12.2. The predicted molar refractivity (Wildman–Crippen MR) is 81.5 cm³/mol. The Balaban J connectivity index is 2.78. The van der Waals surface area contributed by atoms with Crippen molar-refractivity contribution in [1.82, 2.24) is 10.2 Å². The maximum atomic E-state index is 12.2. The van der Waals surface area contributed by atoms with Crippen molar-refractivity contribution in [3.63, 3.8) is 0 Å². The fraction of sp³-hybridized carbons (Fsp3) is 0.562. The highest BCUT2D eigenvalue weighted by Crippen LogP contribution is 2.21. The number of rotatable bonds is 6. The molecule has 2 N–H and O–H groups in total. The minimum Gasteiger partial charge on any atom is -0.394 e. The van der Waals surface area contributed by atoms with Gasteiger partial charge in [-0.05, 0) is 24.8 Å². The molecule has 0 spiro atoms. The lowest BCUT2D eigenvalue weighted by molar-refractivity contribution is 0.154. The highest BCUT2D eigenvalue weighted by atomic mass is 16.3. The van der Waals surface area contributed by atoms with Crippen molar-refractivity contribution in [2.24, 2.45) is 5.92 Å². The van der Waals surface area contributed by atoms with Crippen molar-refractivity contribution in [1.29, 1.82) is 0 Å². The van der Waals surface area contributed by atoms with E-state index in [1.165, 1.54) is 4.90 Å². The maximum Gasteiger partial charge on any atom is 0.317 e. The fourth-order valence-corrected chi connectivity index (χ4v) is 2.01. The molecule has 1 aromatic carbocycles. The molecule has 112 valence electrons. The molecule has 0 fully saturated rings. The molecule has 20 heavy (non-hydrogen) atoms. The highest BCUT2D eigenvalue weighted by molar-refractivity contribution is 5.74.